The zero-order valence-corrected chi connectivity index (χ0v) is 11.3. The van der Waals surface area contributed by atoms with Gasteiger partial charge in [-0.3, -0.25) is 0 Å². The summed E-state index contributed by atoms with van der Waals surface area (Å²) < 4.78 is 0. The highest BCUT2D eigenvalue weighted by molar-refractivity contribution is 7.80. The van der Waals surface area contributed by atoms with Crippen LogP contribution in [0.25, 0.3) is 0 Å². The largest absolute Gasteiger partial charge is 0.362 e. The predicted molar refractivity (Wildman–Crippen MR) is 71.2 cm³/mol. The summed E-state index contributed by atoms with van der Waals surface area (Å²) in [5, 5.41) is 7.18. The maximum Gasteiger partial charge on any atom is 0.166 e. The normalized spacial score (nSPS) is 10.8. The minimum absolute atomic E-state index is 0.632. The van der Waals surface area contributed by atoms with Gasteiger partial charge in [0.05, 0.1) is 0 Å². The minimum atomic E-state index is 0.632. The minimum Gasteiger partial charge on any atom is -0.362 e. The Labute approximate surface area is 99.6 Å². The van der Waals surface area contributed by atoms with Crippen LogP contribution in [0.15, 0.2) is 0 Å². The van der Waals surface area contributed by atoms with Crippen molar-refractivity contribution in [3.05, 3.63) is 0 Å². The second kappa shape index (κ2) is 8.92. The van der Waals surface area contributed by atoms with Crippen molar-refractivity contribution in [2.24, 2.45) is 5.92 Å². The number of hydrogen-bond donors (Lipinski definition) is 2. The Bertz CT molecular complexity index is 167. The van der Waals surface area contributed by atoms with Crippen LogP contribution >= 0.6 is 12.2 Å². The highest BCUT2D eigenvalue weighted by Gasteiger charge is 2.00. The van der Waals surface area contributed by atoms with Crippen LogP contribution in [0.2, 0.25) is 0 Å². The van der Waals surface area contributed by atoms with E-state index in [0.29, 0.717) is 5.92 Å². The number of hydrogen-bond acceptors (Lipinski definition) is 2. The maximum absolute atomic E-state index is 5.16. The third-order valence-corrected chi connectivity index (χ3v) is 2.57. The summed E-state index contributed by atoms with van der Waals surface area (Å²) in [4.78, 5) is 2.37. The van der Waals surface area contributed by atoms with E-state index in [1.54, 1.807) is 0 Å². The number of likely N-dealkylation sites (N-methyl/N-ethyl adjacent to an activating group) is 1. The fourth-order valence-electron chi connectivity index (χ4n) is 1.23. The summed E-state index contributed by atoms with van der Waals surface area (Å²) in [7, 11) is 0. The lowest BCUT2D eigenvalue weighted by Gasteiger charge is -2.19. The Kier molecular flexibility index (Phi) is 8.71. The van der Waals surface area contributed by atoms with Gasteiger partial charge in [0.25, 0.3) is 0 Å². The van der Waals surface area contributed by atoms with Crippen molar-refractivity contribution >= 4 is 17.3 Å². The van der Waals surface area contributed by atoms with Gasteiger partial charge in [-0.1, -0.05) is 27.7 Å². The molecule has 0 aromatic heterocycles. The smallest absolute Gasteiger partial charge is 0.166 e. The maximum atomic E-state index is 5.16. The monoisotopic (exact) mass is 231 g/mol. The number of nitrogens with zero attached hydrogens (tertiary/aromatic N) is 1. The molecule has 0 aromatic rings. The summed E-state index contributed by atoms with van der Waals surface area (Å²) in [5.41, 5.74) is 0. The molecule has 0 fully saturated rings. The Balaban J connectivity index is 3.46. The van der Waals surface area contributed by atoms with E-state index in [1.807, 2.05) is 0 Å². The molecule has 90 valence electrons. The van der Waals surface area contributed by atoms with Gasteiger partial charge < -0.3 is 15.5 Å². The van der Waals surface area contributed by atoms with Crippen LogP contribution in [-0.2, 0) is 0 Å². The lowest BCUT2D eigenvalue weighted by Crippen LogP contribution is -2.41. The van der Waals surface area contributed by atoms with E-state index < -0.39 is 0 Å². The summed E-state index contributed by atoms with van der Waals surface area (Å²) in [6.07, 6.45) is 0. The third kappa shape index (κ3) is 8.63. The zero-order chi connectivity index (χ0) is 11.7. The molecule has 0 saturated heterocycles. The lowest BCUT2D eigenvalue weighted by molar-refractivity contribution is 0.308. The van der Waals surface area contributed by atoms with Gasteiger partial charge in [-0.25, -0.2) is 0 Å². The van der Waals surface area contributed by atoms with Crippen LogP contribution in [-0.4, -0.2) is 42.7 Å². The summed E-state index contributed by atoms with van der Waals surface area (Å²) in [6.45, 7) is 13.8. The van der Waals surface area contributed by atoms with E-state index in [-0.39, 0.29) is 0 Å². The van der Waals surface area contributed by atoms with Crippen molar-refractivity contribution in [1.29, 1.82) is 0 Å². The highest BCUT2D eigenvalue weighted by Crippen LogP contribution is 1.87. The first-order valence-corrected chi connectivity index (χ1v) is 6.25. The molecule has 0 radical (unpaired) electrons. The fraction of sp³-hybridized carbons (Fsp3) is 0.909. The van der Waals surface area contributed by atoms with Crippen LogP contribution in [0.5, 0.6) is 0 Å². The van der Waals surface area contributed by atoms with Gasteiger partial charge in [-0.2, -0.15) is 0 Å². The van der Waals surface area contributed by atoms with Crippen molar-refractivity contribution in [3.63, 3.8) is 0 Å². The van der Waals surface area contributed by atoms with E-state index in [2.05, 4.69) is 43.2 Å². The molecular weight excluding hydrogens is 206 g/mol. The Morgan fingerprint density at radius 3 is 2.27 bits per heavy atom. The molecule has 0 amide bonds. The van der Waals surface area contributed by atoms with E-state index in [9.17, 15) is 0 Å². The molecule has 0 bridgehead atoms. The van der Waals surface area contributed by atoms with Gasteiger partial charge in [-0.05, 0) is 31.2 Å². The van der Waals surface area contributed by atoms with Gasteiger partial charge in [0.2, 0.25) is 0 Å². The van der Waals surface area contributed by atoms with Crippen LogP contribution in [0.1, 0.15) is 27.7 Å². The number of thiocarbonyl (C=S) groups is 1. The first-order chi connectivity index (χ1) is 7.10. The molecule has 0 aliphatic carbocycles. The van der Waals surface area contributed by atoms with Gasteiger partial charge in [0.15, 0.2) is 5.11 Å². The number of nitrogens with one attached hydrogen (secondary N) is 2. The molecule has 15 heavy (non-hydrogen) atoms. The third-order valence-electron chi connectivity index (χ3n) is 2.28. The summed E-state index contributed by atoms with van der Waals surface area (Å²) in [6, 6.07) is 0. The van der Waals surface area contributed by atoms with E-state index in [0.717, 1.165) is 37.8 Å². The Morgan fingerprint density at radius 2 is 1.80 bits per heavy atom. The molecule has 0 aliphatic rings. The molecule has 0 saturated carbocycles. The van der Waals surface area contributed by atoms with Crippen molar-refractivity contribution in [2.45, 2.75) is 27.7 Å². The molecule has 3 nitrogen and oxygen atoms in total. The molecule has 0 spiro atoms. The van der Waals surface area contributed by atoms with Crippen molar-refractivity contribution < 1.29 is 0 Å². The van der Waals surface area contributed by atoms with Gasteiger partial charge >= 0.3 is 0 Å². The average molecular weight is 231 g/mol. The topological polar surface area (TPSA) is 27.3 Å². The quantitative estimate of drug-likeness (QED) is 0.649. The predicted octanol–water partition coefficient (Wildman–Crippen LogP) is 1.45. The molecule has 0 aromatic carbocycles. The number of rotatable bonds is 7. The van der Waals surface area contributed by atoms with E-state index in [1.165, 1.54) is 0 Å². The fourth-order valence-corrected chi connectivity index (χ4v) is 1.41. The molecule has 0 atom stereocenters. The first kappa shape index (κ1) is 14.6. The van der Waals surface area contributed by atoms with Crippen LogP contribution < -0.4 is 10.6 Å². The highest BCUT2D eigenvalue weighted by atomic mass is 32.1. The summed E-state index contributed by atoms with van der Waals surface area (Å²) >= 11 is 5.16. The van der Waals surface area contributed by atoms with Crippen LogP contribution in [0.3, 0.4) is 0 Å². The second-order valence-corrected chi connectivity index (χ2v) is 4.47. The molecule has 0 heterocycles. The van der Waals surface area contributed by atoms with Crippen LogP contribution in [0.4, 0.5) is 0 Å². The molecule has 0 rings (SSSR count). The van der Waals surface area contributed by atoms with E-state index >= 15 is 0 Å². The van der Waals surface area contributed by atoms with E-state index in [4.69, 9.17) is 12.2 Å². The van der Waals surface area contributed by atoms with Gasteiger partial charge in [0, 0.05) is 19.6 Å². The van der Waals surface area contributed by atoms with Crippen molar-refractivity contribution in [1.82, 2.24) is 15.5 Å². The Hall–Kier alpha value is -0.350. The average Bonchev–Trinajstić information content (AvgIpc) is 2.21. The molecule has 4 heteroatoms. The van der Waals surface area contributed by atoms with Crippen molar-refractivity contribution in [2.75, 3.05) is 32.7 Å². The Morgan fingerprint density at radius 1 is 1.20 bits per heavy atom. The SMILES string of the molecule is CCN(CC)CCNC(=S)NCC(C)C. The molecule has 0 aliphatic heterocycles. The molecule has 2 N–H and O–H groups in total. The molecule has 0 unspecified atom stereocenters. The van der Waals surface area contributed by atoms with Gasteiger partial charge in [0.1, 0.15) is 0 Å². The first-order valence-electron chi connectivity index (χ1n) is 5.84. The summed E-state index contributed by atoms with van der Waals surface area (Å²) in [5.74, 6) is 0.632. The zero-order valence-electron chi connectivity index (χ0n) is 10.5. The second-order valence-electron chi connectivity index (χ2n) is 4.06. The van der Waals surface area contributed by atoms with Gasteiger partial charge in [-0.15, -0.1) is 0 Å². The lowest BCUT2D eigenvalue weighted by atomic mass is 10.2. The molecular formula is C11H25N3S. The standard InChI is InChI=1S/C11H25N3S/c1-5-14(6-2)8-7-12-11(15)13-9-10(3)4/h10H,5-9H2,1-4H3,(H2,12,13,15). The van der Waals surface area contributed by atoms with Crippen LogP contribution in [0, 0.1) is 5.92 Å². The van der Waals surface area contributed by atoms with Crippen molar-refractivity contribution in [3.8, 4) is 0 Å².